The number of methoxy groups -OCH3 is 2. The fraction of sp³-hybridized carbons (Fsp3) is 0.750. The molecule has 0 aliphatic heterocycles. The van der Waals surface area contributed by atoms with Crippen LogP contribution in [0.15, 0.2) is 12.2 Å². The van der Waals surface area contributed by atoms with Gasteiger partial charge in [-0.15, -0.1) is 0 Å². The highest BCUT2D eigenvalue weighted by Crippen LogP contribution is 2.20. The molecule has 0 aromatic rings. The van der Waals surface area contributed by atoms with Gasteiger partial charge in [0.1, 0.15) is 12.2 Å². The zero-order valence-corrected chi connectivity index (χ0v) is 10.9. The second-order valence-electron chi connectivity index (χ2n) is 4.18. The molecule has 0 aromatic heterocycles. The lowest BCUT2D eigenvalue weighted by molar-refractivity contribution is -0.150. The zero-order valence-electron chi connectivity index (χ0n) is 10.9. The van der Waals surface area contributed by atoms with Crippen LogP contribution in [0.4, 0.5) is 0 Å². The van der Waals surface area contributed by atoms with Crippen LogP contribution in [0.1, 0.15) is 13.8 Å². The van der Waals surface area contributed by atoms with Gasteiger partial charge in [-0.1, -0.05) is 19.1 Å². The van der Waals surface area contributed by atoms with Crippen LogP contribution in [0, 0.1) is 11.3 Å². The summed E-state index contributed by atoms with van der Waals surface area (Å²) in [5, 5.41) is 9.21. The van der Waals surface area contributed by atoms with Crippen LogP contribution in [0.3, 0.4) is 0 Å². The van der Waals surface area contributed by atoms with Crippen molar-refractivity contribution in [2.45, 2.75) is 13.8 Å². The standard InChI is InChI=1S/C12H22O5/c1-10(7-17-9-15-3)5-6-12(2,8-13)11(14)16-4/h5-6,10,13H,7-9H2,1-4H3/b6-5+/t10-,12+/m0/s1. The van der Waals surface area contributed by atoms with Gasteiger partial charge in [0, 0.05) is 7.11 Å². The van der Waals surface area contributed by atoms with Crippen molar-refractivity contribution in [3.8, 4) is 0 Å². The third kappa shape index (κ3) is 5.81. The number of aliphatic hydroxyl groups excluding tert-OH is 1. The summed E-state index contributed by atoms with van der Waals surface area (Å²) >= 11 is 0. The summed E-state index contributed by atoms with van der Waals surface area (Å²) in [5.41, 5.74) is -0.996. The van der Waals surface area contributed by atoms with Crippen molar-refractivity contribution in [3.63, 3.8) is 0 Å². The Bertz CT molecular complexity index is 251. The van der Waals surface area contributed by atoms with E-state index in [1.807, 2.05) is 13.0 Å². The molecule has 0 saturated heterocycles. The van der Waals surface area contributed by atoms with Crippen LogP contribution < -0.4 is 0 Å². The molecule has 0 spiro atoms. The van der Waals surface area contributed by atoms with Gasteiger partial charge in [0.2, 0.25) is 0 Å². The Kier molecular flexibility index (Phi) is 7.78. The smallest absolute Gasteiger partial charge is 0.317 e. The largest absolute Gasteiger partial charge is 0.468 e. The van der Waals surface area contributed by atoms with E-state index in [1.54, 1.807) is 20.1 Å². The summed E-state index contributed by atoms with van der Waals surface area (Å²) in [6, 6.07) is 0. The van der Waals surface area contributed by atoms with E-state index in [1.165, 1.54) is 7.11 Å². The van der Waals surface area contributed by atoms with Crippen LogP contribution in [0.25, 0.3) is 0 Å². The fourth-order valence-electron chi connectivity index (χ4n) is 1.17. The minimum absolute atomic E-state index is 0.126. The monoisotopic (exact) mass is 246 g/mol. The van der Waals surface area contributed by atoms with Crippen LogP contribution in [-0.4, -0.2) is 45.3 Å². The Labute approximate surface area is 102 Å². The first-order chi connectivity index (χ1) is 8.00. The zero-order chi connectivity index (χ0) is 13.3. The number of hydrogen-bond donors (Lipinski definition) is 1. The van der Waals surface area contributed by atoms with E-state index in [4.69, 9.17) is 9.47 Å². The van der Waals surface area contributed by atoms with Gasteiger partial charge >= 0.3 is 5.97 Å². The lowest BCUT2D eigenvalue weighted by Gasteiger charge is -2.20. The molecule has 5 nitrogen and oxygen atoms in total. The van der Waals surface area contributed by atoms with Crippen molar-refractivity contribution in [2.75, 3.05) is 34.2 Å². The van der Waals surface area contributed by atoms with Crippen molar-refractivity contribution in [2.24, 2.45) is 11.3 Å². The third-order valence-electron chi connectivity index (χ3n) is 2.35. The van der Waals surface area contributed by atoms with Gasteiger partial charge in [-0.25, -0.2) is 0 Å². The maximum atomic E-state index is 11.5. The molecule has 100 valence electrons. The SMILES string of the molecule is COCOC[C@@H](C)/C=C/[C@](C)(CO)C(=O)OC. The molecule has 0 aromatic carbocycles. The van der Waals surface area contributed by atoms with E-state index < -0.39 is 11.4 Å². The van der Waals surface area contributed by atoms with Gasteiger partial charge in [0.15, 0.2) is 0 Å². The van der Waals surface area contributed by atoms with Crippen LogP contribution in [0.5, 0.6) is 0 Å². The van der Waals surface area contributed by atoms with E-state index in [-0.39, 0.29) is 19.3 Å². The van der Waals surface area contributed by atoms with Crippen LogP contribution in [-0.2, 0) is 19.0 Å². The quantitative estimate of drug-likeness (QED) is 0.299. The van der Waals surface area contributed by atoms with Crippen LogP contribution in [0.2, 0.25) is 0 Å². The molecular weight excluding hydrogens is 224 g/mol. The van der Waals surface area contributed by atoms with Gasteiger partial charge in [-0.3, -0.25) is 4.79 Å². The second kappa shape index (κ2) is 8.22. The normalized spacial score (nSPS) is 16.8. The van der Waals surface area contributed by atoms with Crippen molar-refractivity contribution >= 4 is 5.97 Å². The molecular formula is C12H22O5. The first kappa shape index (κ1) is 16.1. The van der Waals surface area contributed by atoms with Gasteiger partial charge in [-0.05, 0) is 12.8 Å². The molecule has 5 heteroatoms. The summed E-state index contributed by atoms with van der Waals surface area (Å²) in [6.45, 7) is 4.01. The lowest BCUT2D eigenvalue weighted by atomic mass is 9.90. The van der Waals surface area contributed by atoms with E-state index in [9.17, 15) is 9.90 Å². The fourth-order valence-corrected chi connectivity index (χ4v) is 1.17. The number of esters is 1. The first-order valence-corrected chi connectivity index (χ1v) is 5.45. The number of ether oxygens (including phenoxy) is 3. The molecule has 0 radical (unpaired) electrons. The maximum Gasteiger partial charge on any atom is 0.317 e. The molecule has 0 aliphatic carbocycles. The summed E-state index contributed by atoms with van der Waals surface area (Å²) in [6.07, 6.45) is 3.47. The Hall–Kier alpha value is -0.910. The van der Waals surface area contributed by atoms with Crippen molar-refractivity contribution in [3.05, 3.63) is 12.2 Å². The van der Waals surface area contributed by atoms with Gasteiger partial charge < -0.3 is 19.3 Å². The van der Waals surface area contributed by atoms with E-state index in [0.717, 1.165) is 0 Å². The number of aliphatic hydroxyl groups is 1. The van der Waals surface area contributed by atoms with E-state index >= 15 is 0 Å². The molecule has 0 rings (SSSR count). The van der Waals surface area contributed by atoms with Gasteiger partial charge in [-0.2, -0.15) is 0 Å². The van der Waals surface area contributed by atoms with Crippen molar-refractivity contribution in [1.29, 1.82) is 0 Å². The second-order valence-corrected chi connectivity index (χ2v) is 4.18. The van der Waals surface area contributed by atoms with Gasteiger partial charge in [0.25, 0.3) is 0 Å². The average Bonchev–Trinajstić information content (AvgIpc) is 2.35. The molecule has 0 saturated carbocycles. The van der Waals surface area contributed by atoms with Crippen molar-refractivity contribution < 1.29 is 24.1 Å². The summed E-state index contributed by atoms with van der Waals surface area (Å²) in [5.74, 6) is -0.332. The average molecular weight is 246 g/mol. The van der Waals surface area contributed by atoms with E-state index in [0.29, 0.717) is 6.61 Å². The Morgan fingerprint density at radius 3 is 2.59 bits per heavy atom. The first-order valence-electron chi connectivity index (χ1n) is 5.45. The molecule has 17 heavy (non-hydrogen) atoms. The Morgan fingerprint density at radius 2 is 2.12 bits per heavy atom. The molecule has 0 heterocycles. The molecule has 0 unspecified atom stereocenters. The highest BCUT2D eigenvalue weighted by atomic mass is 16.7. The molecule has 0 bridgehead atoms. The minimum atomic E-state index is -0.996. The number of carbonyl (C=O) groups excluding carboxylic acids is 1. The predicted molar refractivity (Wildman–Crippen MR) is 63.3 cm³/mol. The summed E-state index contributed by atoms with van der Waals surface area (Å²) in [7, 11) is 2.86. The third-order valence-corrected chi connectivity index (χ3v) is 2.35. The van der Waals surface area contributed by atoms with Gasteiger partial charge in [0.05, 0.1) is 20.3 Å². The van der Waals surface area contributed by atoms with E-state index in [2.05, 4.69) is 4.74 Å². The highest BCUT2D eigenvalue weighted by molar-refractivity contribution is 5.78. The lowest BCUT2D eigenvalue weighted by Crippen LogP contribution is -2.31. The molecule has 2 atom stereocenters. The molecule has 1 N–H and O–H groups in total. The topological polar surface area (TPSA) is 65.0 Å². The molecule has 0 fully saturated rings. The predicted octanol–water partition coefficient (Wildman–Crippen LogP) is 0.971. The number of carbonyl (C=O) groups is 1. The summed E-state index contributed by atoms with van der Waals surface area (Å²) in [4.78, 5) is 11.5. The van der Waals surface area contributed by atoms with Crippen LogP contribution >= 0.6 is 0 Å². The van der Waals surface area contributed by atoms with Crippen molar-refractivity contribution in [1.82, 2.24) is 0 Å². The summed E-state index contributed by atoms with van der Waals surface area (Å²) < 4.78 is 14.6. The Morgan fingerprint density at radius 1 is 1.47 bits per heavy atom. The highest BCUT2D eigenvalue weighted by Gasteiger charge is 2.30. The Balaban J connectivity index is 4.30. The molecule has 0 aliphatic rings. The maximum absolute atomic E-state index is 11.5. The minimum Gasteiger partial charge on any atom is -0.468 e. The molecule has 0 amide bonds. The number of hydrogen-bond acceptors (Lipinski definition) is 5. The number of rotatable bonds is 8.